The predicted octanol–water partition coefficient (Wildman–Crippen LogP) is -0.223. The van der Waals surface area contributed by atoms with Crippen molar-refractivity contribution in [2.45, 2.75) is 6.42 Å². The van der Waals surface area contributed by atoms with Crippen LogP contribution in [-0.4, -0.2) is 59.6 Å². The van der Waals surface area contributed by atoms with Crippen molar-refractivity contribution >= 4 is 17.7 Å². The first kappa shape index (κ1) is 14.3. The second-order valence-electron chi connectivity index (χ2n) is 4.76. The second-order valence-corrected chi connectivity index (χ2v) is 4.76. The Hall–Kier alpha value is -2.15. The van der Waals surface area contributed by atoms with Gasteiger partial charge < -0.3 is 15.7 Å². The van der Waals surface area contributed by atoms with E-state index in [4.69, 9.17) is 10.8 Å². The maximum Gasteiger partial charge on any atom is 0.317 e. The summed E-state index contributed by atoms with van der Waals surface area (Å²) in [6, 6.07) is 5.17. The van der Waals surface area contributed by atoms with E-state index in [-0.39, 0.29) is 12.2 Å². The number of pyridine rings is 1. The number of anilines is 1. The van der Waals surface area contributed by atoms with Gasteiger partial charge in [0.15, 0.2) is 0 Å². The van der Waals surface area contributed by atoms with Gasteiger partial charge in [-0.15, -0.1) is 0 Å². The quantitative estimate of drug-likeness (QED) is 0.789. The number of hydrogen-bond donors (Lipinski definition) is 2. The lowest BCUT2D eigenvalue weighted by Crippen LogP contribution is -2.34. The molecule has 2 rings (SSSR count). The van der Waals surface area contributed by atoms with E-state index in [0.29, 0.717) is 18.9 Å². The van der Waals surface area contributed by atoms with Crippen LogP contribution in [0.2, 0.25) is 0 Å². The molecule has 20 heavy (non-hydrogen) atoms. The minimum absolute atomic E-state index is 0.0581. The molecular formula is C13H18N4O3. The van der Waals surface area contributed by atoms with Crippen molar-refractivity contribution < 1.29 is 14.7 Å². The largest absolute Gasteiger partial charge is 0.480 e. The SMILES string of the molecule is NC(=O)c1cccc(N2CCCN(CC(=O)O)CC2)n1. The van der Waals surface area contributed by atoms with Gasteiger partial charge in [-0.2, -0.15) is 0 Å². The molecule has 0 unspecified atom stereocenters. The summed E-state index contributed by atoms with van der Waals surface area (Å²) < 4.78 is 0. The molecule has 1 saturated heterocycles. The van der Waals surface area contributed by atoms with Crippen molar-refractivity contribution in [3.63, 3.8) is 0 Å². The number of aromatic nitrogens is 1. The Balaban J connectivity index is 2.04. The molecule has 0 spiro atoms. The summed E-state index contributed by atoms with van der Waals surface area (Å²) in [5.74, 6) is -0.653. The number of carboxylic acid groups (broad SMARTS) is 1. The number of aliphatic carboxylic acids is 1. The number of carboxylic acids is 1. The molecule has 0 radical (unpaired) electrons. The molecule has 1 fully saturated rings. The topological polar surface area (TPSA) is 99.8 Å². The van der Waals surface area contributed by atoms with E-state index in [2.05, 4.69) is 4.98 Å². The summed E-state index contributed by atoms with van der Waals surface area (Å²) in [4.78, 5) is 30.1. The summed E-state index contributed by atoms with van der Waals surface area (Å²) in [5, 5.41) is 8.82. The van der Waals surface area contributed by atoms with Gasteiger partial charge in [-0.1, -0.05) is 6.07 Å². The third-order valence-corrected chi connectivity index (χ3v) is 3.26. The van der Waals surface area contributed by atoms with Crippen molar-refractivity contribution in [3.05, 3.63) is 23.9 Å². The van der Waals surface area contributed by atoms with Crippen LogP contribution in [0.15, 0.2) is 18.2 Å². The third-order valence-electron chi connectivity index (χ3n) is 3.26. The van der Waals surface area contributed by atoms with Gasteiger partial charge in [0.05, 0.1) is 6.54 Å². The van der Waals surface area contributed by atoms with E-state index in [9.17, 15) is 9.59 Å². The zero-order valence-corrected chi connectivity index (χ0v) is 11.2. The molecule has 0 atom stereocenters. The third kappa shape index (κ3) is 3.67. The summed E-state index contributed by atoms with van der Waals surface area (Å²) >= 11 is 0. The summed E-state index contributed by atoms with van der Waals surface area (Å²) in [6.07, 6.45) is 0.857. The van der Waals surface area contributed by atoms with E-state index >= 15 is 0 Å². The molecule has 108 valence electrons. The Morgan fingerprint density at radius 1 is 1.25 bits per heavy atom. The van der Waals surface area contributed by atoms with E-state index < -0.39 is 11.9 Å². The van der Waals surface area contributed by atoms with Crippen molar-refractivity contribution in [1.82, 2.24) is 9.88 Å². The van der Waals surface area contributed by atoms with Crippen molar-refractivity contribution in [2.75, 3.05) is 37.6 Å². The average molecular weight is 278 g/mol. The molecule has 0 saturated carbocycles. The van der Waals surface area contributed by atoms with Crippen LogP contribution in [0.5, 0.6) is 0 Å². The Morgan fingerprint density at radius 2 is 2.05 bits per heavy atom. The van der Waals surface area contributed by atoms with Crippen LogP contribution in [0.1, 0.15) is 16.9 Å². The first-order valence-electron chi connectivity index (χ1n) is 6.52. The minimum atomic E-state index is -0.813. The molecule has 1 amide bonds. The molecule has 0 aliphatic carbocycles. The van der Waals surface area contributed by atoms with Gasteiger partial charge in [0.2, 0.25) is 0 Å². The fraction of sp³-hybridized carbons (Fsp3) is 0.462. The molecule has 1 aliphatic heterocycles. The molecule has 0 aromatic carbocycles. The van der Waals surface area contributed by atoms with Crippen LogP contribution >= 0.6 is 0 Å². The lowest BCUT2D eigenvalue weighted by atomic mass is 10.3. The van der Waals surface area contributed by atoms with Gasteiger partial charge in [0.25, 0.3) is 5.91 Å². The molecule has 0 bridgehead atoms. The normalized spacial score (nSPS) is 16.7. The fourth-order valence-electron chi connectivity index (χ4n) is 2.29. The number of carbonyl (C=O) groups is 2. The zero-order chi connectivity index (χ0) is 14.5. The smallest absolute Gasteiger partial charge is 0.317 e. The van der Waals surface area contributed by atoms with Gasteiger partial charge in [-0.3, -0.25) is 14.5 Å². The molecule has 3 N–H and O–H groups in total. The zero-order valence-electron chi connectivity index (χ0n) is 11.2. The molecule has 2 heterocycles. The van der Waals surface area contributed by atoms with Gasteiger partial charge in [0, 0.05) is 26.2 Å². The fourth-order valence-corrected chi connectivity index (χ4v) is 2.29. The number of hydrogen-bond acceptors (Lipinski definition) is 5. The summed E-state index contributed by atoms with van der Waals surface area (Å²) in [5.41, 5.74) is 5.47. The van der Waals surface area contributed by atoms with Gasteiger partial charge in [-0.25, -0.2) is 4.98 Å². The number of nitrogens with zero attached hydrogens (tertiary/aromatic N) is 3. The number of carbonyl (C=O) groups excluding carboxylic acids is 1. The summed E-state index contributed by atoms with van der Waals surface area (Å²) in [6.45, 7) is 2.93. The van der Waals surface area contributed by atoms with Gasteiger partial charge in [0.1, 0.15) is 11.5 Å². The number of rotatable bonds is 4. The van der Waals surface area contributed by atoms with Crippen LogP contribution in [-0.2, 0) is 4.79 Å². The molecule has 1 aromatic heterocycles. The highest BCUT2D eigenvalue weighted by molar-refractivity contribution is 5.91. The minimum Gasteiger partial charge on any atom is -0.480 e. The first-order valence-corrected chi connectivity index (χ1v) is 6.52. The van der Waals surface area contributed by atoms with Gasteiger partial charge in [-0.05, 0) is 18.6 Å². The Morgan fingerprint density at radius 3 is 2.75 bits per heavy atom. The van der Waals surface area contributed by atoms with E-state index in [0.717, 1.165) is 19.5 Å². The Bertz CT molecular complexity index is 506. The maximum atomic E-state index is 11.1. The van der Waals surface area contributed by atoms with Crippen molar-refractivity contribution in [3.8, 4) is 0 Å². The molecule has 7 nitrogen and oxygen atoms in total. The van der Waals surface area contributed by atoms with Crippen LogP contribution in [0.3, 0.4) is 0 Å². The van der Waals surface area contributed by atoms with E-state index in [1.807, 2.05) is 15.9 Å². The van der Waals surface area contributed by atoms with Gasteiger partial charge >= 0.3 is 5.97 Å². The highest BCUT2D eigenvalue weighted by Gasteiger charge is 2.18. The average Bonchev–Trinajstić information content (AvgIpc) is 2.64. The van der Waals surface area contributed by atoms with Crippen molar-refractivity contribution in [1.29, 1.82) is 0 Å². The number of nitrogens with two attached hydrogens (primary N) is 1. The van der Waals surface area contributed by atoms with Crippen LogP contribution in [0.25, 0.3) is 0 Å². The monoisotopic (exact) mass is 278 g/mol. The Kier molecular flexibility index (Phi) is 4.52. The number of primary amides is 1. The molecular weight excluding hydrogens is 260 g/mol. The Labute approximate surface area is 117 Å². The summed E-state index contributed by atoms with van der Waals surface area (Å²) in [7, 11) is 0. The highest BCUT2D eigenvalue weighted by atomic mass is 16.4. The van der Waals surface area contributed by atoms with Crippen LogP contribution in [0.4, 0.5) is 5.82 Å². The lowest BCUT2D eigenvalue weighted by Gasteiger charge is -2.22. The highest BCUT2D eigenvalue weighted by Crippen LogP contribution is 2.14. The van der Waals surface area contributed by atoms with Crippen LogP contribution in [0, 0.1) is 0 Å². The standard InChI is InChI=1S/C13H18N4O3/c14-13(20)10-3-1-4-11(15-10)17-6-2-5-16(7-8-17)9-12(18)19/h1,3-4H,2,5-9H2,(H2,14,20)(H,18,19). The lowest BCUT2D eigenvalue weighted by molar-refractivity contribution is -0.138. The number of amides is 1. The molecule has 1 aromatic rings. The molecule has 7 heteroatoms. The first-order chi connectivity index (χ1) is 9.56. The molecule has 1 aliphatic rings. The second kappa shape index (κ2) is 6.33. The maximum absolute atomic E-state index is 11.1. The predicted molar refractivity (Wildman–Crippen MR) is 73.7 cm³/mol. The van der Waals surface area contributed by atoms with E-state index in [1.54, 1.807) is 12.1 Å². The van der Waals surface area contributed by atoms with Crippen LogP contribution < -0.4 is 10.6 Å². The van der Waals surface area contributed by atoms with Crippen molar-refractivity contribution in [2.24, 2.45) is 5.73 Å². The van der Waals surface area contributed by atoms with E-state index in [1.165, 1.54) is 0 Å².